The quantitative estimate of drug-likeness (QED) is 0.696. The second-order valence-electron chi connectivity index (χ2n) is 4.74. The third-order valence-electron chi connectivity index (χ3n) is 3.37. The van der Waals surface area contributed by atoms with E-state index in [1.165, 1.54) is 23.9 Å². The van der Waals surface area contributed by atoms with E-state index in [9.17, 15) is 13.2 Å². The molecule has 1 nitrogen and oxygen atoms in total. The summed E-state index contributed by atoms with van der Waals surface area (Å²) in [6.45, 7) is 0. The highest BCUT2D eigenvalue weighted by Crippen LogP contribution is 2.40. The van der Waals surface area contributed by atoms with E-state index in [4.69, 9.17) is 0 Å². The molecule has 0 saturated carbocycles. The van der Waals surface area contributed by atoms with E-state index in [1.807, 2.05) is 6.07 Å². The third kappa shape index (κ3) is 2.92. The maximum atomic E-state index is 13.8. The minimum Gasteiger partial charge on any atom is -0.376 e. The Morgan fingerprint density at radius 3 is 2.71 bits per heavy atom. The first-order chi connectivity index (χ1) is 10.1. The molecule has 1 heterocycles. The number of anilines is 1. The molecule has 1 atom stereocenters. The summed E-state index contributed by atoms with van der Waals surface area (Å²) in [5.74, 6) is -0.824. The number of rotatable bonds is 2. The van der Waals surface area contributed by atoms with Gasteiger partial charge < -0.3 is 5.32 Å². The zero-order valence-corrected chi connectivity index (χ0v) is 13.2. The third-order valence-corrected chi connectivity index (χ3v) is 5.13. The highest BCUT2D eigenvalue weighted by Gasteiger charge is 2.24. The van der Waals surface area contributed by atoms with Crippen LogP contribution in [0.15, 0.2) is 39.7 Å². The molecular weight excluding hydrogens is 363 g/mol. The zero-order chi connectivity index (χ0) is 15.0. The Hall–Kier alpha value is -1.14. The van der Waals surface area contributed by atoms with Crippen LogP contribution >= 0.6 is 27.7 Å². The molecular formula is C15H11BrF3NS. The molecule has 1 aliphatic heterocycles. The highest BCUT2D eigenvalue weighted by molar-refractivity contribution is 9.10. The number of benzene rings is 2. The molecule has 2 aromatic carbocycles. The molecule has 21 heavy (non-hydrogen) atoms. The van der Waals surface area contributed by atoms with Gasteiger partial charge in [-0.15, -0.1) is 11.8 Å². The number of fused-ring (bicyclic) bond motifs is 1. The first-order valence-corrected chi connectivity index (χ1v) is 8.16. The van der Waals surface area contributed by atoms with Gasteiger partial charge >= 0.3 is 0 Å². The van der Waals surface area contributed by atoms with E-state index >= 15 is 0 Å². The second kappa shape index (κ2) is 5.93. The number of hydrogen-bond donors (Lipinski definition) is 1. The van der Waals surface area contributed by atoms with Gasteiger partial charge in [-0.05, 0) is 40.0 Å². The van der Waals surface area contributed by atoms with Gasteiger partial charge in [0, 0.05) is 16.7 Å². The maximum absolute atomic E-state index is 13.8. The minimum absolute atomic E-state index is 0.191. The Balaban J connectivity index is 1.94. The predicted molar refractivity (Wildman–Crippen MR) is 82.2 cm³/mol. The van der Waals surface area contributed by atoms with E-state index < -0.39 is 11.6 Å². The maximum Gasteiger partial charge on any atom is 0.149 e. The van der Waals surface area contributed by atoms with Crippen LogP contribution in [0.25, 0.3) is 0 Å². The SMILES string of the molecule is Fc1cc(F)c(NC2CCSc3c(F)cccc32)cc1Br. The predicted octanol–water partition coefficient (Wildman–Crippen LogP) is 5.52. The van der Waals surface area contributed by atoms with E-state index in [0.29, 0.717) is 4.90 Å². The molecule has 2 aromatic rings. The molecule has 0 aromatic heterocycles. The Labute approximate surface area is 133 Å². The fraction of sp³-hybridized carbons (Fsp3) is 0.200. The number of thioether (sulfide) groups is 1. The molecule has 0 bridgehead atoms. The second-order valence-corrected chi connectivity index (χ2v) is 6.70. The molecule has 3 rings (SSSR count). The topological polar surface area (TPSA) is 12.0 Å². The fourth-order valence-corrected chi connectivity index (χ4v) is 3.84. The molecule has 1 unspecified atom stereocenters. The monoisotopic (exact) mass is 373 g/mol. The summed E-state index contributed by atoms with van der Waals surface area (Å²) in [5, 5.41) is 3.05. The lowest BCUT2D eigenvalue weighted by Gasteiger charge is -2.27. The first-order valence-electron chi connectivity index (χ1n) is 6.38. The van der Waals surface area contributed by atoms with Gasteiger partial charge in [0.1, 0.15) is 17.5 Å². The van der Waals surface area contributed by atoms with Crippen LogP contribution in [0.4, 0.5) is 18.9 Å². The summed E-state index contributed by atoms with van der Waals surface area (Å²) < 4.78 is 41.1. The molecule has 1 N–H and O–H groups in total. The molecule has 0 saturated heterocycles. The lowest BCUT2D eigenvalue weighted by molar-refractivity contribution is 0.573. The van der Waals surface area contributed by atoms with Gasteiger partial charge in [-0.2, -0.15) is 0 Å². The number of nitrogens with one attached hydrogen (secondary N) is 1. The van der Waals surface area contributed by atoms with Gasteiger partial charge in [-0.1, -0.05) is 12.1 Å². The summed E-state index contributed by atoms with van der Waals surface area (Å²) in [7, 11) is 0. The number of hydrogen-bond acceptors (Lipinski definition) is 2. The first kappa shape index (κ1) is 14.8. The van der Waals surface area contributed by atoms with Gasteiger partial charge in [0.05, 0.1) is 16.2 Å². The van der Waals surface area contributed by atoms with E-state index in [-0.39, 0.29) is 22.0 Å². The molecule has 1 aliphatic rings. The van der Waals surface area contributed by atoms with Gasteiger partial charge in [0.25, 0.3) is 0 Å². The van der Waals surface area contributed by atoms with Crippen molar-refractivity contribution in [1.29, 1.82) is 0 Å². The van der Waals surface area contributed by atoms with Crippen molar-refractivity contribution in [1.82, 2.24) is 0 Å². The summed E-state index contributed by atoms with van der Waals surface area (Å²) in [6, 6.07) is 6.90. The Morgan fingerprint density at radius 2 is 1.90 bits per heavy atom. The largest absolute Gasteiger partial charge is 0.376 e. The van der Waals surface area contributed by atoms with Gasteiger partial charge in [0.2, 0.25) is 0 Å². The normalized spacial score (nSPS) is 17.4. The van der Waals surface area contributed by atoms with Gasteiger partial charge in [0.15, 0.2) is 0 Å². The summed E-state index contributed by atoms with van der Waals surface area (Å²) in [6.07, 6.45) is 0.746. The Bertz CT molecular complexity index is 693. The molecule has 0 amide bonds. The van der Waals surface area contributed by atoms with Crippen molar-refractivity contribution in [3.05, 3.63) is 57.8 Å². The average molecular weight is 374 g/mol. The molecule has 0 aliphatic carbocycles. The van der Waals surface area contributed by atoms with Crippen molar-refractivity contribution in [3.8, 4) is 0 Å². The lowest BCUT2D eigenvalue weighted by Crippen LogP contribution is -2.17. The van der Waals surface area contributed by atoms with Crippen molar-refractivity contribution < 1.29 is 13.2 Å². The van der Waals surface area contributed by atoms with Crippen LogP contribution in [-0.2, 0) is 0 Å². The van der Waals surface area contributed by atoms with Crippen molar-refractivity contribution >= 4 is 33.4 Å². The lowest BCUT2D eigenvalue weighted by atomic mass is 10.0. The molecule has 6 heteroatoms. The van der Waals surface area contributed by atoms with Crippen molar-refractivity contribution in [2.45, 2.75) is 17.4 Å². The fourth-order valence-electron chi connectivity index (χ4n) is 2.36. The smallest absolute Gasteiger partial charge is 0.149 e. The van der Waals surface area contributed by atoms with Crippen LogP contribution in [0.3, 0.4) is 0 Å². The molecule has 0 spiro atoms. The molecule has 0 radical (unpaired) electrons. The van der Waals surface area contributed by atoms with Crippen molar-refractivity contribution in [2.24, 2.45) is 0 Å². The van der Waals surface area contributed by atoms with Crippen LogP contribution in [0.5, 0.6) is 0 Å². The van der Waals surface area contributed by atoms with Crippen LogP contribution in [0.1, 0.15) is 18.0 Å². The van der Waals surface area contributed by atoms with Crippen LogP contribution in [-0.4, -0.2) is 5.75 Å². The standard InChI is InChI=1S/C15H11BrF3NS/c16-9-6-14(12(19)7-11(9)18)20-13-4-5-21-15-8(13)2-1-3-10(15)17/h1-3,6-7,13,20H,4-5H2. The van der Waals surface area contributed by atoms with Crippen LogP contribution in [0.2, 0.25) is 0 Å². The Morgan fingerprint density at radius 1 is 1.10 bits per heavy atom. The number of halogens is 4. The van der Waals surface area contributed by atoms with E-state index in [2.05, 4.69) is 21.2 Å². The molecule has 0 fully saturated rings. The summed E-state index contributed by atoms with van der Waals surface area (Å²) >= 11 is 4.50. The Kier molecular flexibility index (Phi) is 4.17. The summed E-state index contributed by atoms with van der Waals surface area (Å²) in [5.41, 5.74) is 1.02. The van der Waals surface area contributed by atoms with Crippen molar-refractivity contribution in [2.75, 3.05) is 11.1 Å². The van der Waals surface area contributed by atoms with Crippen molar-refractivity contribution in [3.63, 3.8) is 0 Å². The molecule has 110 valence electrons. The highest BCUT2D eigenvalue weighted by atomic mass is 79.9. The van der Waals surface area contributed by atoms with Gasteiger partial charge in [-0.25, -0.2) is 13.2 Å². The minimum atomic E-state index is -0.660. The van der Waals surface area contributed by atoms with Crippen LogP contribution in [0, 0.1) is 17.5 Å². The summed E-state index contributed by atoms with van der Waals surface area (Å²) in [4.78, 5) is 0.600. The van der Waals surface area contributed by atoms with E-state index in [1.54, 1.807) is 6.07 Å². The van der Waals surface area contributed by atoms with Gasteiger partial charge in [-0.3, -0.25) is 0 Å². The van der Waals surface area contributed by atoms with E-state index in [0.717, 1.165) is 23.8 Å². The van der Waals surface area contributed by atoms with Crippen LogP contribution < -0.4 is 5.32 Å². The zero-order valence-electron chi connectivity index (χ0n) is 10.8. The average Bonchev–Trinajstić information content (AvgIpc) is 2.46.